The number of aryl methyl sites for hydroxylation is 1. The smallest absolute Gasteiger partial charge is 0.322 e. The lowest BCUT2D eigenvalue weighted by Gasteiger charge is -2.36. The van der Waals surface area contributed by atoms with Crippen molar-refractivity contribution >= 4 is 23.3 Å². The molecule has 0 heterocycles. The van der Waals surface area contributed by atoms with Crippen LogP contribution in [0.15, 0.2) is 66.7 Å². The molecule has 3 aromatic carbocycles. The van der Waals surface area contributed by atoms with Gasteiger partial charge in [-0.2, -0.15) is 0 Å². The monoisotopic (exact) mass is 450 g/mol. The van der Waals surface area contributed by atoms with Crippen molar-refractivity contribution in [1.29, 1.82) is 0 Å². The van der Waals surface area contributed by atoms with E-state index in [4.69, 9.17) is 21.1 Å². The number of fused-ring (bicyclic) bond motifs is 1. The van der Waals surface area contributed by atoms with Gasteiger partial charge in [-0.05, 0) is 72.4 Å². The Hall–Kier alpha value is -3.18. The fourth-order valence-electron chi connectivity index (χ4n) is 4.28. The van der Waals surface area contributed by atoms with E-state index in [0.717, 1.165) is 24.8 Å². The van der Waals surface area contributed by atoms with Gasteiger partial charge in [0.25, 0.3) is 0 Å². The molecule has 0 saturated heterocycles. The molecule has 0 spiro atoms. The Morgan fingerprint density at radius 1 is 1.03 bits per heavy atom. The van der Waals surface area contributed by atoms with Gasteiger partial charge < -0.3 is 19.7 Å². The number of ether oxygens (including phenoxy) is 2. The molecule has 0 saturated carbocycles. The van der Waals surface area contributed by atoms with Gasteiger partial charge in [0.05, 0.1) is 20.3 Å². The van der Waals surface area contributed by atoms with Gasteiger partial charge >= 0.3 is 6.03 Å². The number of carbonyl (C=O) groups excluding carboxylic acids is 1. The van der Waals surface area contributed by atoms with Crippen molar-refractivity contribution in [3.63, 3.8) is 0 Å². The summed E-state index contributed by atoms with van der Waals surface area (Å²) in [5.41, 5.74) is 4.20. The molecule has 166 valence electrons. The first-order valence-corrected chi connectivity index (χ1v) is 11.1. The largest absolute Gasteiger partial charge is 0.493 e. The highest BCUT2D eigenvalue weighted by Gasteiger charge is 2.29. The van der Waals surface area contributed by atoms with Crippen LogP contribution in [0.3, 0.4) is 0 Å². The van der Waals surface area contributed by atoms with Crippen molar-refractivity contribution in [2.24, 2.45) is 0 Å². The summed E-state index contributed by atoms with van der Waals surface area (Å²) in [7, 11) is 3.23. The number of benzene rings is 3. The molecule has 4 rings (SSSR count). The van der Waals surface area contributed by atoms with Crippen molar-refractivity contribution < 1.29 is 14.3 Å². The molecule has 1 atom stereocenters. The van der Waals surface area contributed by atoms with E-state index >= 15 is 0 Å². The first-order valence-electron chi connectivity index (χ1n) is 10.7. The fraction of sp³-hybridized carbons (Fsp3) is 0.269. The van der Waals surface area contributed by atoms with Crippen LogP contribution in [-0.4, -0.2) is 25.2 Å². The van der Waals surface area contributed by atoms with Gasteiger partial charge in [0.1, 0.15) is 0 Å². The molecular formula is C26H27ClN2O3. The molecule has 2 amide bonds. The summed E-state index contributed by atoms with van der Waals surface area (Å²) < 4.78 is 10.8. The van der Waals surface area contributed by atoms with Crippen LogP contribution in [0.1, 0.15) is 35.6 Å². The van der Waals surface area contributed by atoms with E-state index in [-0.39, 0.29) is 12.1 Å². The molecule has 32 heavy (non-hydrogen) atoms. The molecule has 0 aliphatic heterocycles. The minimum absolute atomic E-state index is 0.0136. The standard InChI is InChI=1S/C26H27ClN2O3/c1-31-24-15-10-18(16-25(24)32-2)17-29(26(30)28-21-13-11-20(27)12-14-21)23-9-5-7-19-6-3-4-8-22(19)23/h3-4,6,8,10-16,23H,5,7,9,17H2,1-2H3,(H,28,30). The first kappa shape index (κ1) is 22.0. The molecule has 0 radical (unpaired) electrons. The molecule has 6 heteroatoms. The van der Waals surface area contributed by atoms with Gasteiger partial charge in [-0.25, -0.2) is 4.79 Å². The van der Waals surface area contributed by atoms with E-state index in [2.05, 4.69) is 23.5 Å². The highest BCUT2D eigenvalue weighted by atomic mass is 35.5. The van der Waals surface area contributed by atoms with Crippen LogP contribution in [0.4, 0.5) is 10.5 Å². The summed E-state index contributed by atoms with van der Waals surface area (Å²) in [4.78, 5) is 15.4. The molecule has 1 aliphatic carbocycles. The normalized spacial score (nSPS) is 14.9. The van der Waals surface area contributed by atoms with E-state index < -0.39 is 0 Å². The lowest BCUT2D eigenvalue weighted by molar-refractivity contribution is 0.175. The van der Waals surface area contributed by atoms with Crippen LogP contribution in [0, 0.1) is 0 Å². The first-order chi connectivity index (χ1) is 15.6. The van der Waals surface area contributed by atoms with Crippen LogP contribution < -0.4 is 14.8 Å². The fourth-order valence-corrected chi connectivity index (χ4v) is 4.41. The quantitative estimate of drug-likeness (QED) is 0.468. The molecule has 1 aliphatic rings. The number of urea groups is 1. The third kappa shape index (κ3) is 4.83. The summed E-state index contributed by atoms with van der Waals surface area (Å²) in [6.45, 7) is 0.443. The van der Waals surface area contributed by atoms with E-state index in [1.54, 1.807) is 26.4 Å². The van der Waals surface area contributed by atoms with Crippen LogP contribution in [0.2, 0.25) is 5.02 Å². The molecule has 1 unspecified atom stereocenters. The number of nitrogens with zero attached hydrogens (tertiary/aromatic N) is 1. The predicted molar refractivity (Wildman–Crippen MR) is 128 cm³/mol. The molecule has 0 aromatic heterocycles. The van der Waals surface area contributed by atoms with Crippen molar-refractivity contribution in [3.05, 3.63) is 88.4 Å². The Bertz CT molecular complexity index is 1080. The lowest BCUT2D eigenvalue weighted by Crippen LogP contribution is -2.39. The molecule has 3 aromatic rings. The zero-order valence-corrected chi connectivity index (χ0v) is 19.1. The maximum Gasteiger partial charge on any atom is 0.322 e. The van der Waals surface area contributed by atoms with Gasteiger partial charge in [0, 0.05) is 17.3 Å². The van der Waals surface area contributed by atoms with Gasteiger partial charge in [-0.1, -0.05) is 41.9 Å². The van der Waals surface area contributed by atoms with Crippen LogP contribution in [0.25, 0.3) is 0 Å². The summed E-state index contributed by atoms with van der Waals surface area (Å²) in [6, 6.07) is 21.2. The third-order valence-corrected chi connectivity index (χ3v) is 6.12. The number of methoxy groups -OCH3 is 2. The van der Waals surface area contributed by atoms with E-state index in [1.165, 1.54) is 11.1 Å². The number of nitrogens with one attached hydrogen (secondary N) is 1. The third-order valence-electron chi connectivity index (χ3n) is 5.87. The maximum atomic E-state index is 13.5. The molecule has 1 N–H and O–H groups in total. The second-order valence-corrected chi connectivity index (χ2v) is 8.30. The van der Waals surface area contributed by atoms with E-state index in [9.17, 15) is 4.79 Å². The zero-order chi connectivity index (χ0) is 22.5. The second kappa shape index (κ2) is 9.96. The van der Waals surface area contributed by atoms with E-state index in [0.29, 0.717) is 28.8 Å². The SMILES string of the molecule is COc1ccc(CN(C(=O)Nc2ccc(Cl)cc2)C2CCCc3ccccc32)cc1OC. The Balaban J connectivity index is 1.67. The van der Waals surface area contributed by atoms with Crippen molar-refractivity contribution in [3.8, 4) is 11.5 Å². The Morgan fingerprint density at radius 3 is 2.53 bits per heavy atom. The molecular weight excluding hydrogens is 424 g/mol. The summed E-state index contributed by atoms with van der Waals surface area (Å²) in [5, 5.41) is 3.67. The van der Waals surface area contributed by atoms with Gasteiger partial charge in [0.2, 0.25) is 0 Å². The van der Waals surface area contributed by atoms with Crippen LogP contribution in [-0.2, 0) is 13.0 Å². The second-order valence-electron chi connectivity index (χ2n) is 7.86. The Kier molecular flexibility index (Phi) is 6.86. The van der Waals surface area contributed by atoms with Gasteiger partial charge in [0.15, 0.2) is 11.5 Å². The number of hydrogen-bond acceptors (Lipinski definition) is 3. The lowest BCUT2D eigenvalue weighted by atomic mass is 9.86. The summed E-state index contributed by atoms with van der Waals surface area (Å²) in [6.07, 6.45) is 2.99. The van der Waals surface area contributed by atoms with Gasteiger partial charge in [-0.15, -0.1) is 0 Å². The van der Waals surface area contributed by atoms with Crippen LogP contribution >= 0.6 is 11.6 Å². The van der Waals surface area contributed by atoms with Crippen molar-refractivity contribution in [2.75, 3.05) is 19.5 Å². The van der Waals surface area contributed by atoms with Crippen molar-refractivity contribution in [2.45, 2.75) is 31.8 Å². The molecule has 0 fully saturated rings. The zero-order valence-electron chi connectivity index (χ0n) is 18.3. The molecule has 0 bridgehead atoms. The number of carbonyl (C=O) groups is 1. The Morgan fingerprint density at radius 2 is 1.78 bits per heavy atom. The highest BCUT2D eigenvalue weighted by Crippen LogP contribution is 2.36. The Labute approximate surface area is 193 Å². The minimum atomic E-state index is -0.149. The number of halogens is 1. The predicted octanol–water partition coefficient (Wildman–Crippen LogP) is 6.47. The minimum Gasteiger partial charge on any atom is -0.493 e. The highest BCUT2D eigenvalue weighted by molar-refractivity contribution is 6.30. The maximum absolute atomic E-state index is 13.5. The average molecular weight is 451 g/mol. The number of anilines is 1. The number of amides is 2. The average Bonchev–Trinajstić information content (AvgIpc) is 2.83. The van der Waals surface area contributed by atoms with Crippen molar-refractivity contribution in [1.82, 2.24) is 4.90 Å². The van der Waals surface area contributed by atoms with E-state index in [1.807, 2.05) is 41.3 Å². The van der Waals surface area contributed by atoms with Gasteiger partial charge in [-0.3, -0.25) is 0 Å². The number of hydrogen-bond donors (Lipinski definition) is 1. The summed E-state index contributed by atoms with van der Waals surface area (Å²) in [5.74, 6) is 1.31. The summed E-state index contributed by atoms with van der Waals surface area (Å²) >= 11 is 6.00. The topological polar surface area (TPSA) is 50.8 Å². The number of rotatable bonds is 6. The van der Waals surface area contributed by atoms with Crippen LogP contribution in [0.5, 0.6) is 11.5 Å². The molecule has 5 nitrogen and oxygen atoms in total.